The zero-order chi connectivity index (χ0) is 12.3. The Morgan fingerprint density at radius 2 is 1.59 bits per heavy atom. The zero-order valence-corrected chi connectivity index (χ0v) is 9.04. The summed E-state index contributed by atoms with van der Waals surface area (Å²) in [5.74, 6) is 0. The number of benzene rings is 2. The van der Waals surface area contributed by atoms with Crippen LogP contribution in [-0.4, -0.2) is 0 Å². The highest BCUT2D eigenvalue weighted by molar-refractivity contribution is 5.78. The molecule has 0 atom stereocenters. The minimum atomic E-state index is 0.511. The molecule has 0 aliphatic carbocycles. The molecule has 2 aromatic carbocycles. The molecular formula is C12H11N5. The molecule has 0 aliphatic rings. The Hall–Kier alpha value is -2.65. The van der Waals surface area contributed by atoms with Gasteiger partial charge in [-0.1, -0.05) is 23.3 Å². The molecule has 0 bridgehead atoms. The van der Waals surface area contributed by atoms with Gasteiger partial charge in [-0.05, 0) is 40.9 Å². The van der Waals surface area contributed by atoms with E-state index in [1.54, 1.807) is 24.3 Å². The molecule has 0 aliphatic heterocycles. The maximum absolute atomic E-state index is 8.52. The summed E-state index contributed by atoms with van der Waals surface area (Å²) in [5, 5.41) is 3.64. The van der Waals surface area contributed by atoms with Gasteiger partial charge in [-0.25, -0.2) is 0 Å². The maximum atomic E-state index is 8.52. The Morgan fingerprint density at radius 3 is 2.24 bits per heavy atom. The van der Waals surface area contributed by atoms with Crippen molar-refractivity contribution in [2.45, 2.75) is 0 Å². The number of hydrogen-bond donors (Lipinski definition) is 2. The first-order chi connectivity index (χ1) is 8.20. The van der Waals surface area contributed by atoms with E-state index in [1.165, 1.54) is 0 Å². The molecule has 0 amide bonds. The summed E-state index contributed by atoms with van der Waals surface area (Å²) in [6.45, 7) is 0. The molecule has 5 heteroatoms. The molecule has 0 heterocycles. The Kier molecular flexibility index (Phi) is 2.85. The van der Waals surface area contributed by atoms with Gasteiger partial charge in [0.05, 0.1) is 0 Å². The van der Waals surface area contributed by atoms with Crippen molar-refractivity contribution in [2.75, 3.05) is 11.5 Å². The van der Waals surface area contributed by atoms with E-state index in [1.807, 2.05) is 18.2 Å². The van der Waals surface area contributed by atoms with Gasteiger partial charge in [0.25, 0.3) is 0 Å². The monoisotopic (exact) mass is 225 g/mol. The number of hydrogen-bond acceptors (Lipinski definition) is 3. The van der Waals surface area contributed by atoms with Crippen molar-refractivity contribution in [3.8, 4) is 11.1 Å². The van der Waals surface area contributed by atoms with Gasteiger partial charge in [0.2, 0.25) is 0 Å². The van der Waals surface area contributed by atoms with Crippen molar-refractivity contribution in [3.05, 3.63) is 52.9 Å². The fourth-order valence-electron chi connectivity index (χ4n) is 1.59. The average Bonchev–Trinajstić information content (AvgIpc) is 2.31. The Bertz CT molecular complexity index is 582. The molecular weight excluding hydrogens is 214 g/mol. The van der Waals surface area contributed by atoms with Gasteiger partial charge in [0.1, 0.15) is 0 Å². The standard InChI is InChI=1S/C12H11N5/c13-9-3-1-8(2-4-9)11-6-5-10(14)7-12(11)16-17-15/h1-7H,13-14H2. The number of nitrogens with two attached hydrogens (primary N) is 2. The maximum Gasteiger partial charge on any atom is 0.0474 e. The Balaban J connectivity index is 2.58. The first kappa shape index (κ1) is 10.9. The van der Waals surface area contributed by atoms with Gasteiger partial charge in [0.15, 0.2) is 0 Å². The summed E-state index contributed by atoms with van der Waals surface area (Å²) in [5.41, 5.74) is 23.3. The van der Waals surface area contributed by atoms with E-state index < -0.39 is 0 Å². The molecule has 0 saturated carbocycles. The molecule has 0 spiro atoms. The molecule has 0 saturated heterocycles. The normalized spacial score (nSPS) is 9.65. The highest BCUT2D eigenvalue weighted by Gasteiger charge is 2.04. The lowest BCUT2D eigenvalue weighted by Crippen LogP contribution is -1.87. The lowest BCUT2D eigenvalue weighted by atomic mass is 10.0. The van der Waals surface area contributed by atoms with Gasteiger partial charge < -0.3 is 11.5 Å². The van der Waals surface area contributed by atoms with E-state index in [2.05, 4.69) is 10.0 Å². The first-order valence-corrected chi connectivity index (χ1v) is 5.01. The lowest BCUT2D eigenvalue weighted by Gasteiger charge is -2.06. The fourth-order valence-corrected chi connectivity index (χ4v) is 1.59. The predicted molar refractivity (Wildman–Crippen MR) is 69.5 cm³/mol. The third kappa shape index (κ3) is 2.30. The van der Waals surface area contributed by atoms with Crippen LogP contribution in [0.15, 0.2) is 47.6 Å². The summed E-state index contributed by atoms with van der Waals surface area (Å²) in [4.78, 5) is 2.80. The van der Waals surface area contributed by atoms with Crippen molar-refractivity contribution in [2.24, 2.45) is 5.11 Å². The molecule has 17 heavy (non-hydrogen) atoms. The molecule has 2 aromatic rings. The molecule has 4 N–H and O–H groups in total. The Morgan fingerprint density at radius 1 is 0.941 bits per heavy atom. The smallest absolute Gasteiger partial charge is 0.0474 e. The number of anilines is 2. The number of nitrogens with zero attached hydrogens (tertiary/aromatic N) is 3. The van der Waals surface area contributed by atoms with Crippen LogP contribution in [-0.2, 0) is 0 Å². The number of nitrogen functional groups attached to an aromatic ring is 2. The van der Waals surface area contributed by atoms with E-state index in [9.17, 15) is 0 Å². The average molecular weight is 225 g/mol. The third-order valence-corrected chi connectivity index (χ3v) is 2.40. The van der Waals surface area contributed by atoms with E-state index in [4.69, 9.17) is 17.0 Å². The summed E-state index contributed by atoms with van der Waals surface area (Å²) in [6, 6.07) is 12.6. The number of rotatable bonds is 2. The van der Waals surface area contributed by atoms with Crippen LogP contribution in [0.4, 0.5) is 17.1 Å². The summed E-state index contributed by atoms with van der Waals surface area (Å²) >= 11 is 0. The molecule has 5 nitrogen and oxygen atoms in total. The molecule has 0 fully saturated rings. The first-order valence-electron chi connectivity index (χ1n) is 5.01. The quantitative estimate of drug-likeness (QED) is 0.354. The van der Waals surface area contributed by atoms with Crippen LogP contribution in [0, 0.1) is 0 Å². The topological polar surface area (TPSA) is 101 Å². The van der Waals surface area contributed by atoms with Gasteiger partial charge in [-0.3, -0.25) is 0 Å². The van der Waals surface area contributed by atoms with E-state index >= 15 is 0 Å². The van der Waals surface area contributed by atoms with Crippen LogP contribution in [0.25, 0.3) is 21.6 Å². The van der Waals surface area contributed by atoms with Crippen molar-refractivity contribution in [3.63, 3.8) is 0 Å². The SMILES string of the molecule is [N-]=[N+]=Nc1cc(N)ccc1-c1ccc(N)cc1. The van der Waals surface area contributed by atoms with Crippen LogP contribution in [0.3, 0.4) is 0 Å². The summed E-state index contributed by atoms with van der Waals surface area (Å²) < 4.78 is 0. The third-order valence-electron chi connectivity index (χ3n) is 2.40. The van der Waals surface area contributed by atoms with Crippen molar-refractivity contribution in [1.29, 1.82) is 0 Å². The van der Waals surface area contributed by atoms with E-state index in [0.29, 0.717) is 17.1 Å². The predicted octanol–water partition coefficient (Wildman–Crippen LogP) is 3.46. The highest BCUT2D eigenvalue weighted by Crippen LogP contribution is 2.32. The van der Waals surface area contributed by atoms with Crippen LogP contribution < -0.4 is 11.5 Å². The van der Waals surface area contributed by atoms with Crippen LogP contribution in [0.2, 0.25) is 0 Å². The van der Waals surface area contributed by atoms with Crippen molar-refractivity contribution >= 4 is 17.1 Å². The second-order valence-corrected chi connectivity index (χ2v) is 3.59. The fraction of sp³-hybridized carbons (Fsp3) is 0. The lowest BCUT2D eigenvalue weighted by molar-refractivity contribution is 1.47. The van der Waals surface area contributed by atoms with E-state index in [-0.39, 0.29) is 0 Å². The van der Waals surface area contributed by atoms with Gasteiger partial charge >= 0.3 is 0 Å². The van der Waals surface area contributed by atoms with Crippen LogP contribution >= 0.6 is 0 Å². The zero-order valence-electron chi connectivity index (χ0n) is 9.04. The van der Waals surface area contributed by atoms with E-state index in [0.717, 1.165) is 11.1 Å². The molecule has 0 aromatic heterocycles. The second-order valence-electron chi connectivity index (χ2n) is 3.59. The molecule has 2 rings (SSSR count). The number of azide groups is 1. The second kappa shape index (κ2) is 4.47. The van der Waals surface area contributed by atoms with Crippen molar-refractivity contribution < 1.29 is 0 Å². The van der Waals surface area contributed by atoms with Crippen LogP contribution in [0.1, 0.15) is 0 Å². The summed E-state index contributed by atoms with van der Waals surface area (Å²) in [6.07, 6.45) is 0. The van der Waals surface area contributed by atoms with Crippen LogP contribution in [0.5, 0.6) is 0 Å². The Labute approximate surface area is 98.3 Å². The van der Waals surface area contributed by atoms with Gasteiger partial charge in [-0.2, -0.15) is 0 Å². The largest absolute Gasteiger partial charge is 0.399 e. The minimum absolute atomic E-state index is 0.511. The van der Waals surface area contributed by atoms with Gasteiger partial charge in [0, 0.05) is 22.0 Å². The highest BCUT2D eigenvalue weighted by atomic mass is 15.1. The minimum Gasteiger partial charge on any atom is -0.399 e. The summed E-state index contributed by atoms with van der Waals surface area (Å²) in [7, 11) is 0. The van der Waals surface area contributed by atoms with Crippen molar-refractivity contribution in [1.82, 2.24) is 0 Å². The molecule has 0 radical (unpaired) electrons. The molecule has 0 unspecified atom stereocenters. The molecule has 84 valence electrons. The van der Waals surface area contributed by atoms with Gasteiger partial charge in [-0.15, -0.1) is 0 Å².